The summed E-state index contributed by atoms with van der Waals surface area (Å²) in [5, 5.41) is 0. The van der Waals surface area contributed by atoms with Gasteiger partial charge in [-0.25, -0.2) is 13.1 Å². The van der Waals surface area contributed by atoms with Crippen molar-refractivity contribution in [1.82, 2.24) is 4.72 Å². The molecule has 1 aromatic carbocycles. The van der Waals surface area contributed by atoms with Crippen LogP contribution in [0.25, 0.3) is 0 Å². The summed E-state index contributed by atoms with van der Waals surface area (Å²) >= 11 is 0. The van der Waals surface area contributed by atoms with Gasteiger partial charge in [-0.05, 0) is 18.2 Å². The summed E-state index contributed by atoms with van der Waals surface area (Å²) in [6.07, 6.45) is 0.989. The number of hydrogen-bond donors (Lipinski definition) is 1. The lowest BCUT2D eigenvalue weighted by Crippen LogP contribution is -2.28. The van der Waals surface area contributed by atoms with Crippen LogP contribution >= 0.6 is 0 Å². The molecule has 0 aliphatic carbocycles. The van der Waals surface area contributed by atoms with Gasteiger partial charge in [0, 0.05) is 0 Å². The lowest BCUT2D eigenvalue weighted by Gasteiger charge is -2.09. The molecule has 0 atom stereocenters. The maximum absolute atomic E-state index is 11.9. The molecule has 1 N–H and O–H groups in total. The number of carbonyl (C=O) groups is 1. The Morgan fingerprint density at radius 1 is 1.28 bits per heavy atom. The SMILES string of the molecule is COc1ccc(OC)c(C(=O)CNS(C)(=O)=O)c1. The summed E-state index contributed by atoms with van der Waals surface area (Å²) in [5.74, 6) is 0.478. The fraction of sp³-hybridized carbons (Fsp3) is 0.364. The standard InChI is InChI=1S/C11H15NO5S/c1-16-8-4-5-11(17-2)9(6-8)10(13)7-12-18(3,14)15/h4-6,12H,7H2,1-3H3. The largest absolute Gasteiger partial charge is 0.497 e. The first-order valence-electron chi connectivity index (χ1n) is 5.07. The van der Waals surface area contributed by atoms with E-state index in [9.17, 15) is 13.2 Å². The molecule has 0 aromatic heterocycles. The second kappa shape index (κ2) is 5.83. The number of sulfonamides is 1. The molecule has 0 saturated carbocycles. The van der Waals surface area contributed by atoms with E-state index in [0.717, 1.165) is 6.26 Å². The van der Waals surface area contributed by atoms with Crippen LogP contribution in [0.3, 0.4) is 0 Å². The number of methoxy groups -OCH3 is 2. The van der Waals surface area contributed by atoms with Crippen LogP contribution in [0.1, 0.15) is 10.4 Å². The third kappa shape index (κ3) is 4.01. The first-order chi connectivity index (χ1) is 8.37. The summed E-state index contributed by atoms with van der Waals surface area (Å²) in [5.41, 5.74) is 0.271. The van der Waals surface area contributed by atoms with Crippen molar-refractivity contribution in [2.24, 2.45) is 0 Å². The highest BCUT2D eigenvalue weighted by molar-refractivity contribution is 7.88. The third-order valence-electron chi connectivity index (χ3n) is 2.20. The van der Waals surface area contributed by atoms with E-state index in [4.69, 9.17) is 9.47 Å². The molecule has 0 radical (unpaired) electrons. The molecule has 6 nitrogen and oxygen atoms in total. The number of ether oxygens (including phenoxy) is 2. The van der Waals surface area contributed by atoms with Crippen LogP contribution in [0.15, 0.2) is 18.2 Å². The fourth-order valence-corrected chi connectivity index (χ4v) is 1.72. The number of hydrogen-bond acceptors (Lipinski definition) is 5. The molecule has 0 amide bonds. The van der Waals surface area contributed by atoms with Gasteiger partial charge in [0.15, 0.2) is 5.78 Å². The zero-order chi connectivity index (χ0) is 13.8. The minimum Gasteiger partial charge on any atom is -0.497 e. The van der Waals surface area contributed by atoms with Gasteiger partial charge in [0.25, 0.3) is 0 Å². The fourth-order valence-electron chi connectivity index (χ4n) is 1.32. The van der Waals surface area contributed by atoms with Gasteiger partial charge in [-0.2, -0.15) is 0 Å². The van der Waals surface area contributed by atoms with Crippen molar-refractivity contribution in [3.63, 3.8) is 0 Å². The molecule has 0 saturated heterocycles. The summed E-state index contributed by atoms with van der Waals surface area (Å²) in [6.45, 7) is -0.317. The van der Waals surface area contributed by atoms with Crippen LogP contribution in [-0.4, -0.2) is 41.2 Å². The molecule has 18 heavy (non-hydrogen) atoms. The normalized spacial score (nSPS) is 11.1. The maximum Gasteiger partial charge on any atom is 0.209 e. The van der Waals surface area contributed by atoms with Crippen LogP contribution < -0.4 is 14.2 Å². The Hall–Kier alpha value is -1.60. The molecule has 7 heteroatoms. The van der Waals surface area contributed by atoms with Gasteiger partial charge in [-0.15, -0.1) is 0 Å². The van der Waals surface area contributed by atoms with Crippen molar-refractivity contribution in [3.8, 4) is 11.5 Å². The second-order valence-electron chi connectivity index (χ2n) is 3.58. The molecule has 0 heterocycles. The maximum atomic E-state index is 11.9. The zero-order valence-corrected chi connectivity index (χ0v) is 11.2. The quantitative estimate of drug-likeness (QED) is 0.760. The average molecular weight is 273 g/mol. The number of Topliss-reactive ketones (excluding diaryl/α,β-unsaturated/α-hetero) is 1. The number of rotatable bonds is 6. The topological polar surface area (TPSA) is 81.7 Å². The third-order valence-corrected chi connectivity index (χ3v) is 2.87. The van der Waals surface area contributed by atoms with Crippen molar-refractivity contribution < 1.29 is 22.7 Å². The number of nitrogens with one attached hydrogen (secondary N) is 1. The number of benzene rings is 1. The van der Waals surface area contributed by atoms with Crippen LogP contribution in [-0.2, 0) is 10.0 Å². The first-order valence-corrected chi connectivity index (χ1v) is 6.96. The summed E-state index contributed by atoms with van der Waals surface area (Å²) < 4.78 is 34.0. The summed E-state index contributed by atoms with van der Waals surface area (Å²) in [4.78, 5) is 11.9. The second-order valence-corrected chi connectivity index (χ2v) is 5.42. The Bertz CT molecular complexity index is 538. The highest BCUT2D eigenvalue weighted by Crippen LogP contribution is 2.24. The van der Waals surface area contributed by atoms with Crippen molar-refractivity contribution >= 4 is 15.8 Å². The predicted octanol–water partition coefficient (Wildman–Crippen LogP) is 0.436. The predicted molar refractivity (Wildman–Crippen MR) is 66.7 cm³/mol. The molecule has 0 aliphatic heterocycles. The van der Waals surface area contributed by atoms with E-state index in [2.05, 4.69) is 4.72 Å². The van der Waals surface area contributed by atoms with E-state index in [-0.39, 0.29) is 12.1 Å². The van der Waals surface area contributed by atoms with Crippen molar-refractivity contribution in [2.45, 2.75) is 0 Å². The molecule has 0 bridgehead atoms. The molecule has 1 aromatic rings. The molecule has 0 fully saturated rings. The van der Waals surface area contributed by atoms with Crippen LogP contribution in [0, 0.1) is 0 Å². The molecular formula is C11H15NO5S. The minimum absolute atomic E-state index is 0.271. The van der Waals surface area contributed by atoms with E-state index in [0.29, 0.717) is 11.5 Å². The lowest BCUT2D eigenvalue weighted by molar-refractivity contribution is 0.0993. The highest BCUT2D eigenvalue weighted by Gasteiger charge is 2.15. The Morgan fingerprint density at radius 3 is 2.44 bits per heavy atom. The Morgan fingerprint density at radius 2 is 1.94 bits per heavy atom. The molecule has 0 unspecified atom stereocenters. The van der Waals surface area contributed by atoms with Crippen LogP contribution in [0.4, 0.5) is 0 Å². The molecule has 0 aliphatic rings. The van der Waals surface area contributed by atoms with Gasteiger partial charge in [-0.1, -0.05) is 0 Å². The number of ketones is 1. The highest BCUT2D eigenvalue weighted by atomic mass is 32.2. The zero-order valence-electron chi connectivity index (χ0n) is 10.4. The minimum atomic E-state index is -3.41. The van der Waals surface area contributed by atoms with E-state index in [1.807, 2.05) is 0 Å². The van der Waals surface area contributed by atoms with Crippen LogP contribution in [0.2, 0.25) is 0 Å². The van der Waals surface area contributed by atoms with E-state index < -0.39 is 15.8 Å². The smallest absolute Gasteiger partial charge is 0.209 e. The van der Waals surface area contributed by atoms with Crippen LogP contribution in [0.5, 0.6) is 11.5 Å². The molecule has 100 valence electrons. The van der Waals surface area contributed by atoms with Crippen molar-refractivity contribution in [3.05, 3.63) is 23.8 Å². The van der Waals surface area contributed by atoms with Gasteiger partial charge in [0.1, 0.15) is 11.5 Å². The monoisotopic (exact) mass is 273 g/mol. The van der Waals surface area contributed by atoms with Gasteiger partial charge >= 0.3 is 0 Å². The van der Waals surface area contributed by atoms with Gasteiger partial charge in [0.05, 0.1) is 32.6 Å². The Balaban J connectivity index is 2.96. The van der Waals surface area contributed by atoms with Crippen molar-refractivity contribution in [1.29, 1.82) is 0 Å². The van der Waals surface area contributed by atoms with E-state index in [1.54, 1.807) is 12.1 Å². The Labute approximate surface area is 106 Å². The summed E-state index contributed by atoms with van der Waals surface area (Å²) in [6, 6.07) is 4.75. The first kappa shape index (κ1) is 14.5. The van der Waals surface area contributed by atoms with Gasteiger partial charge < -0.3 is 9.47 Å². The lowest BCUT2D eigenvalue weighted by atomic mass is 10.1. The average Bonchev–Trinajstić information content (AvgIpc) is 2.34. The van der Waals surface area contributed by atoms with E-state index in [1.165, 1.54) is 20.3 Å². The number of carbonyl (C=O) groups excluding carboxylic acids is 1. The molecule has 1 rings (SSSR count). The van der Waals surface area contributed by atoms with Gasteiger partial charge in [0.2, 0.25) is 10.0 Å². The van der Waals surface area contributed by atoms with Gasteiger partial charge in [-0.3, -0.25) is 4.79 Å². The summed E-state index contributed by atoms with van der Waals surface area (Å²) in [7, 11) is -0.495. The Kier molecular flexibility index (Phi) is 4.69. The van der Waals surface area contributed by atoms with E-state index >= 15 is 0 Å². The molecule has 0 spiro atoms. The van der Waals surface area contributed by atoms with Crippen molar-refractivity contribution in [2.75, 3.05) is 27.0 Å². The molecular weight excluding hydrogens is 258 g/mol.